The highest BCUT2D eigenvalue weighted by Crippen LogP contribution is 2.29. The Morgan fingerprint density at radius 1 is 1.25 bits per heavy atom. The molecule has 0 fully saturated rings. The van der Waals surface area contributed by atoms with Gasteiger partial charge in [-0.2, -0.15) is 0 Å². The van der Waals surface area contributed by atoms with Gasteiger partial charge in [-0.25, -0.2) is 4.68 Å². The minimum atomic E-state index is -0.433. The van der Waals surface area contributed by atoms with Gasteiger partial charge in [0.15, 0.2) is 5.82 Å². The van der Waals surface area contributed by atoms with E-state index in [-0.39, 0.29) is 5.91 Å². The van der Waals surface area contributed by atoms with Crippen LogP contribution in [0, 0.1) is 0 Å². The first-order valence-corrected chi connectivity index (χ1v) is 9.91. The Balaban J connectivity index is 1.67. The first-order valence-electron chi connectivity index (χ1n) is 8.65. The van der Waals surface area contributed by atoms with E-state index in [1.165, 1.54) is 16.4 Å². The van der Waals surface area contributed by atoms with Crippen LogP contribution in [-0.2, 0) is 4.79 Å². The highest BCUT2D eigenvalue weighted by Gasteiger charge is 2.20. The van der Waals surface area contributed by atoms with Crippen LogP contribution in [0.3, 0.4) is 0 Å². The Hall–Kier alpha value is -2.71. The lowest BCUT2D eigenvalue weighted by Crippen LogP contribution is -2.23. The van der Waals surface area contributed by atoms with Crippen molar-refractivity contribution < 1.29 is 9.53 Å². The fourth-order valence-electron chi connectivity index (χ4n) is 2.44. The summed E-state index contributed by atoms with van der Waals surface area (Å²) in [7, 11) is 0. The van der Waals surface area contributed by atoms with Gasteiger partial charge in [0.25, 0.3) is 0 Å². The minimum absolute atomic E-state index is 0.170. The van der Waals surface area contributed by atoms with E-state index in [2.05, 4.69) is 15.5 Å². The van der Waals surface area contributed by atoms with Crippen molar-refractivity contribution in [2.75, 3.05) is 17.8 Å². The number of anilines is 1. The molecule has 0 aliphatic heterocycles. The van der Waals surface area contributed by atoms with Gasteiger partial charge in [0.1, 0.15) is 5.75 Å². The smallest absolute Gasteiger partial charge is 0.237 e. The van der Waals surface area contributed by atoms with Crippen LogP contribution in [0.25, 0.3) is 11.4 Å². The largest absolute Gasteiger partial charge is 0.494 e. The van der Waals surface area contributed by atoms with E-state index in [1.54, 1.807) is 25.1 Å². The number of carbonyl (C=O) groups is 1. The van der Waals surface area contributed by atoms with Crippen LogP contribution in [0.2, 0.25) is 5.02 Å². The van der Waals surface area contributed by atoms with Crippen molar-refractivity contribution >= 4 is 35.0 Å². The molecule has 1 heterocycles. The molecule has 7 nitrogen and oxygen atoms in total. The molecule has 0 saturated carbocycles. The Kier molecular flexibility index (Phi) is 6.43. The van der Waals surface area contributed by atoms with Gasteiger partial charge < -0.3 is 15.9 Å². The molecule has 0 radical (unpaired) electrons. The lowest BCUT2D eigenvalue weighted by atomic mass is 10.2. The molecule has 0 spiro atoms. The van der Waals surface area contributed by atoms with Gasteiger partial charge in [0.2, 0.25) is 11.1 Å². The number of benzene rings is 2. The maximum Gasteiger partial charge on any atom is 0.237 e. The Morgan fingerprint density at radius 3 is 2.64 bits per heavy atom. The molecule has 9 heteroatoms. The maximum absolute atomic E-state index is 12.5. The van der Waals surface area contributed by atoms with Crippen LogP contribution in [0.15, 0.2) is 53.7 Å². The number of nitrogens with one attached hydrogen (secondary N) is 1. The quantitative estimate of drug-likeness (QED) is 0.448. The van der Waals surface area contributed by atoms with Gasteiger partial charge in [-0.3, -0.25) is 4.79 Å². The molecule has 0 unspecified atom stereocenters. The second kappa shape index (κ2) is 8.99. The van der Waals surface area contributed by atoms with Crippen LogP contribution in [0.4, 0.5) is 5.69 Å². The van der Waals surface area contributed by atoms with E-state index in [0.29, 0.717) is 33.9 Å². The number of thioether (sulfide) groups is 1. The summed E-state index contributed by atoms with van der Waals surface area (Å²) < 4.78 is 6.73. The van der Waals surface area contributed by atoms with Crippen molar-refractivity contribution in [2.24, 2.45) is 0 Å². The molecule has 0 bridgehead atoms. The molecule has 28 heavy (non-hydrogen) atoms. The fourth-order valence-corrected chi connectivity index (χ4v) is 3.43. The van der Waals surface area contributed by atoms with Gasteiger partial charge in [-0.15, -0.1) is 10.2 Å². The van der Waals surface area contributed by atoms with E-state index < -0.39 is 5.25 Å². The first kappa shape index (κ1) is 20.0. The van der Waals surface area contributed by atoms with Gasteiger partial charge in [0, 0.05) is 11.3 Å². The lowest BCUT2D eigenvalue weighted by molar-refractivity contribution is -0.115. The molecule has 3 N–H and O–H groups in total. The topological polar surface area (TPSA) is 95.1 Å². The van der Waals surface area contributed by atoms with Crippen molar-refractivity contribution in [3.63, 3.8) is 0 Å². The number of hydrogen-bond donors (Lipinski definition) is 2. The average molecular weight is 418 g/mol. The molecule has 0 saturated heterocycles. The second-order valence-electron chi connectivity index (χ2n) is 5.86. The van der Waals surface area contributed by atoms with Crippen LogP contribution in [0.1, 0.15) is 13.8 Å². The van der Waals surface area contributed by atoms with E-state index in [9.17, 15) is 4.79 Å². The highest BCUT2D eigenvalue weighted by atomic mass is 35.5. The number of nitrogens with two attached hydrogens (primary N) is 1. The van der Waals surface area contributed by atoms with Crippen molar-refractivity contribution in [3.05, 3.63) is 53.6 Å². The third kappa shape index (κ3) is 4.58. The summed E-state index contributed by atoms with van der Waals surface area (Å²) in [6.07, 6.45) is 0. The molecule has 1 amide bonds. The second-order valence-corrected chi connectivity index (χ2v) is 7.58. The number of rotatable bonds is 7. The molecule has 3 rings (SSSR count). The number of aromatic nitrogens is 3. The number of nitrogens with zero attached hydrogens (tertiary/aromatic N) is 3. The molecule has 146 valence electrons. The van der Waals surface area contributed by atoms with Crippen molar-refractivity contribution in [1.29, 1.82) is 0 Å². The number of nitrogen functional groups attached to an aromatic ring is 1. The molecular weight excluding hydrogens is 398 g/mol. The van der Waals surface area contributed by atoms with Crippen LogP contribution in [-0.4, -0.2) is 32.6 Å². The number of ether oxygens (including phenoxy) is 1. The zero-order chi connectivity index (χ0) is 20.1. The Labute approximate surface area is 172 Å². The number of amides is 1. The SMILES string of the molecule is CCOc1ccc(NC(=O)[C@H](C)Sc2nnc(-c3ccccc3Cl)n2N)cc1. The Bertz CT molecular complexity index is 961. The zero-order valence-electron chi connectivity index (χ0n) is 15.4. The number of hydrogen-bond acceptors (Lipinski definition) is 6. The third-order valence-electron chi connectivity index (χ3n) is 3.86. The molecule has 1 aromatic heterocycles. The number of halogens is 1. The summed E-state index contributed by atoms with van der Waals surface area (Å²) in [5.41, 5.74) is 1.37. The van der Waals surface area contributed by atoms with Crippen molar-refractivity contribution in [3.8, 4) is 17.1 Å². The van der Waals surface area contributed by atoms with Crippen LogP contribution < -0.4 is 15.9 Å². The molecular formula is C19H20ClN5O2S. The zero-order valence-corrected chi connectivity index (χ0v) is 17.0. The van der Waals surface area contributed by atoms with E-state index in [0.717, 1.165) is 5.75 Å². The molecule has 3 aromatic rings. The van der Waals surface area contributed by atoms with Crippen LogP contribution in [0.5, 0.6) is 5.75 Å². The summed E-state index contributed by atoms with van der Waals surface area (Å²) in [4.78, 5) is 12.5. The van der Waals surface area contributed by atoms with Gasteiger partial charge in [0.05, 0.1) is 16.9 Å². The summed E-state index contributed by atoms with van der Waals surface area (Å²) in [6.45, 7) is 4.29. The summed E-state index contributed by atoms with van der Waals surface area (Å²) >= 11 is 7.42. The van der Waals surface area contributed by atoms with Crippen molar-refractivity contribution in [1.82, 2.24) is 14.9 Å². The standard InChI is InChI=1S/C19H20ClN5O2S/c1-3-27-14-10-8-13(9-11-14)22-18(26)12(2)28-19-24-23-17(25(19)21)15-6-4-5-7-16(15)20/h4-12H,3,21H2,1-2H3,(H,22,26)/t12-/m0/s1. The predicted molar refractivity (Wildman–Crippen MR) is 112 cm³/mol. The minimum Gasteiger partial charge on any atom is -0.494 e. The van der Waals surface area contributed by atoms with Gasteiger partial charge >= 0.3 is 0 Å². The Morgan fingerprint density at radius 2 is 1.96 bits per heavy atom. The summed E-state index contributed by atoms with van der Waals surface area (Å²) in [5, 5.41) is 11.6. The summed E-state index contributed by atoms with van der Waals surface area (Å²) in [5.74, 6) is 7.14. The highest BCUT2D eigenvalue weighted by molar-refractivity contribution is 8.00. The first-order chi connectivity index (χ1) is 13.5. The number of carbonyl (C=O) groups excluding carboxylic acids is 1. The molecule has 0 aliphatic rings. The monoisotopic (exact) mass is 417 g/mol. The predicted octanol–water partition coefficient (Wildman–Crippen LogP) is 3.83. The van der Waals surface area contributed by atoms with E-state index >= 15 is 0 Å². The van der Waals surface area contributed by atoms with Gasteiger partial charge in [-0.1, -0.05) is 35.5 Å². The van der Waals surface area contributed by atoms with Crippen LogP contribution >= 0.6 is 23.4 Å². The van der Waals surface area contributed by atoms with Crippen molar-refractivity contribution in [2.45, 2.75) is 24.3 Å². The van der Waals surface area contributed by atoms with E-state index in [4.69, 9.17) is 22.2 Å². The normalized spacial score (nSPS) is 11.8. The van der Waals surface area contributed by atoms with Gasteiger partial charge in [-0.05, 0) is 50.2 Å². The van der Waals surface area contributed by atoms with E-state index in [1.807, 2.05) is 37.3 Å². The average Bonchev–Trinajstić information content (AvgIpc) is 3.04. The lowest BCUT2D eigenvalue weighted by Gasteiger charge is -2.12. The third-order valence-corrected chi connectivity index (χ3v) is 5.25. The maximum atomic E-state index is 12.5. The summed E-state index contributed by atoms with van der Waals surface area (Å²) in [6, 6.07) is 14.4. The molecule has 0 aliphatic carbocycles. The molecule has 1 atom stereocenters. The fraction of sp³-hybridized carbons (Fsp3) is 0.211. The molecule has 2 aromatic carbocycles.